The molecule has 1 aliphatic rings. The van der Waals surface area contributed by atoms with Gasteiger partial charge < -0.3 is 15.5 Å². The van der Waals surface area contributed by atoms with Gasteiger partial charge in [0, 0.05) is 37.2 Å². The molecule has 10 heteroatoms. The van der Waals surface area contributed by atoms with Crippen molar-refractivity contribution >= 4 is 40.7 Å². The van der Waals surface area contributed by atoms with Gasteiger partial charge in [0.05, 0.1) is 16.3 Å². The van der Waals surface area contributed by atoms with E-state index in [0.29, 0.717) is 37.3 Å². The lowest BCUT2D eigenvalue weighted by Crippen LogP contribution is -2.41. The predicted molar refractivity (Wildman–Crippen MR) is 114 cm³/mol. The van der Waals surface area contributed by atoms with E-state index >= 15 is 0 Å². The number of likely N-dealkylation sites (tertiary alicyclic amines) is 1. The molecular weight excluding hydrogens is 447 g/mol. The van der Waals surface area contributed by atoms with Gasteiger partial charge in [-0.1, -0.05) is 11.6 Å². The zero-order valence-corrected chi connectivity index (χ0v) is 17.9. The zero-order valence-electron chi connectivity index (χ0n) is 17.1. The van der Waals surface area contributed by atoms with Crippen LogP contribution in [0.15, 0.2) is 42.5 Å². The van der Waals surface area contributed by atoms with Crippen molar-refractivity contribution in [1.29, 1.82) is 0 Å². The lowest BCUT2D eigenvalue weighted by Gasteiger charge is -2.31. The Morgan fingerprint density at radius 3 is 2.16 bits per heavy atom. The number of hydrogen-bond donors (Lipinski definition) is 2. The lowest BCUT2D eigenvalue weighted by atomic mass is 9.95. The highest BCUT2D eigenvalue weighted by Crippen LogP contribution is 2.30. The SMILES string of the molecule is CC(=O)Nc1ccc(NC(=O)C2CCN(C(=O)c3ccc(C(F)(F)F)cc3)CC2)cc1Cl. The predicted octanol–water partition coefficient (Wildman–Crippen LogP) is 4.81. The highest BCUT2D eigenvalue weighted by molar-refractivity contribution is 6.34. The van der Waals surface area contributed by atoms with Crippen LogP contribution in [0.25, 0.3) is 0 Å². The molecule has 1 heterocycles. The minimum Gasteiger partial charge on any atom is -0.339 e. The molecule has 2 N–H and O–H groups in total. The summed E-state index contributed by atoms with van der Waals surface area (Å²) < 4.78 is 38.1. The van der Waals surface area contributed by atoms with Crippen LogP contribution in [0, 0.1) is 5.92 Å². The molecule has 0 radical (unpaired) electrons. The Kier molecular flexibility index (Phi) is 7.08. The topological polar surface area (TPSA) is 78.5 Å². The summed E-state index contributed by atoms with van der Waals surface area (Å²) >= 11 is 6.12. The standard InChI is InChI=1S/C22H21ClF3N3O3/c1-13(30)27-19-7-6-17(12-18(19)23)28-20(31)14-8-10-29(11-9-14)21(32)15-2-4-16(5-3-15)22(24,25)26/h2-7,12,14H,8-11H2,1H3,(H,27,30)(H,28,31). The number of nitrogens with one attached hydrogen (secondary N) is 2. The summed E-state index contributed by atoms with van der Waals surface area (Å²) in [6.45, 7) is 2.00. The third-order valence-electron chi connectivity index (χ3n) is 5.16. The van der Waals surface area contributed by atoms with E-state index < -0.39 is 11.7 Å². The van der Waals surface area contributed by atoms with E-state index in [2.05, 4.69) is 10.6 Å². The summed E-state index contributed by atoms with van der Waals surface area (Å²) in [5.74, 6) is -1.16. The largest absolute Gasteiger partial charge is 0.416 e. The molecule has 2 aromatic rings. The van der Waals surface area contributed by atoms with Gasteiger partial charge in [-0.25, -0.2) is 0 Å². The van der Waals surface area contributed by atoms with Crippen LogP contribution in [-0.4, -0.2) is 35.7 Å². The molecule has 32 heavy (non-hydrogen) atoms. The fraction of sp³-hybridized carbons (Fsp3) is 0.318. The maximum Gasteiger partial charge on any atom is 0.416 e. The molecule has 170 valence electrons. The summed E-state index contributed by atoms with van der Waals surface area (Å²) in [6.07, 6.45) is -3.60. The number of benzene rings is 2. The Bertz CT molecular complexity index is 1020. The van der Waals surface area contributed by atoms with Gasteiger partial charge in [-0.2, -0.15) is 13.2 Å². The first kappa shape index (κ1) is 23.6. The molecule has 1 aliphatic heterocycles. The summed E-state index contributed by atoms with van der Waals surface area (Å²) in [6, 6.07) is 8.85. The minimum absolute atomic E-state index is 0.176. The van der Waals surface area contributed by atoms with Crippen LogP contribution in [0.3, 0.4) is 0 Å². The van der Waals surface area contributed by atoms with Gasteiger partial charge in [0.25, 0.3) is 5.91 Å². The molecular formula is C22H21ClF3N3O3. The molecule has 0 bridgehead atoms. The summed E-state index contributed by atoms with van der Waals surface area (Å²) in [4.78, 5) is 37.8. The number of carbonyl (C=O) groups excluding carboxylic acids is 3. The third-order valence-corrected chi connectivity index (χ3v) is 5.47. The number of carbonyl (C=O) groups is 3. The van der Waals surface area contributed by atoms with Crippen LogP contribution in [0.2, 0.25) is 5.02 Å². The normalized spacial score (nSPS) is 14.7. The van der Waals surface area contributed by atoms with Gasteiger partial charge in [-0.3, -0.25) is 14.4 Å². The minimum atomic E-state index is -4.46. The number of nitrogens with zero attached hydrogens (tertiary/aromatic N) is 1. The highest BCUT2D eigenvalue weighted by Gasteiger charge is 2.31. The number of rotatable bonds is 4. The van der Waals surface area contributed by atoms with Gasteiger partial charge in [0.2, 0.25) is 11.8 Å². The maximum atomic E-state index is 12.7. The smallest absolute Gasteiger partial charge is 0.339 e. The second-order valence-corrected chi connectivity index (χ2v) is 7.91. The van der Waals surface area contributed by atoms with E-state index in [4.69, 9.17) is 11.6 Å². The molecule has 0 saturated carbocycles. The van der Waals surface area contributed by atoms with Crippen LogP contribution in [0.1, 0.15) is 35.7 Å². The second kappa shape index (κ2) is 9.60. The summed E-state index contributed by atoms with van der Waals surface area (Å²) in [5, 5.41) is 5.65. The molecule has 0 atom stereocenters. The van der Waals surface area contributed by atoms with Crippen LogP contribution >= 0.6 is 11.6 Å². The Morgan fingerprint density at radius 2 is 1.62 bits per heavy atom. The second-order valence-electron chi connectivity index (χ2n) is 7.51. The fourth-order valence-corrected chi connectivity index (χ4v) is 3.69. The van der Waals surface area contributed by atoms with Gasteiger partial charge in [0.1, 0.15) is 0 Å². The quantitative estimate of drug-likeness (QED) is 0.677. The maximum absolute atomic E-state index is 12.7. The Balaban J connectivity index is 1.55. The molecule has 2 aromatic carbocycles. The highest BCUT2D eigenvalue weighted by atomic mass is 35.5. The average Bonchev–Trinajstić information content (AvgIpc) is 2.74. The molecule has 6 nitrogen and oxygen atoms in total. The van der Waals surface area contributed by atoms with Crippen LogP contribution in [-0.2, 0) is 15.8 Å². The monoisotopic (exact) mass is 467 g/mol. The number of hydrogen-bond acceptors (Lipinski definition) is 3. The van der Waals surface area contributed by atoms with Crippen molar-refractivity contribution in [2.24, 2.45) is 5.92 Å². The molecule has 0 spiro atoms. The Hall–Kier alpha value is -3.07. The van der Waals surface area contributed by atoms with Crippen molar-refractivity contribution in [3.05, 3.63) is 58.6 Å². The van der Waals surface area contributed by atoms with E-state index in [1.807, 2.05) is 0 Å². The van der Waals surface area contributed by atoms with Crippen molar-refractivity contribution in [3.63, 3.8) is 0 Å². The van der Waals surface area contributed by atoms with Crippen LogP contribution in [0.4, 0.5) is 24.5 Å². The molecule has 0 unspecified atom stereocenters. The van der Waals surface area contributed by atoms with Crippen LogP contribution in [0.5, 0.6) is 0 Å². The first-order valence-corrected chi connectivity index (χ1v) is 10.3. The molecule has 3 rings (SSSR count). The van der Waals surface area contributed by atoms with Crippen molar-refractivity contribution in [2.75, 3.05) is 23.7 Å². The van der Waals surface area contributed by atoms with Gasteiger partial charge in [-0.15, -0.1) is 0 Å². The number of anilines is 2. The molecule has 0 aliphatic carbocycles. The number of amides is 3. The van der Waals surface area contributed by atoms with E-state index in [0.717, 1.165) is 12.1 Å². The molecule has 0 aromatic heterocycles. The Morgan fingerprint density at radius 1 is 1.00 bits per heavy atom. The Labute approximate surface area is 187 Å². The zero-order chi connectivity index (χ0) is 23.5. The van der Waals surface area contributed by atoms with Crippen molar-refractivity contribution < 1.29 is 27.6 Å². The van der Waals surface area contributed by atoms with Gasteiger partial charge >= 0.3 is 6.18 Å². The van der Waals surface area contributed by atoms with E-state index in [-0.39, 0.29) is 34.2 Å². The first-order valence-electron chi connectivity index (χ1n) is 9.89. The van der Waals surface area contributed by atoms with Crippen molar-refractivity contribution in [1.82, 2.24) is 4.90 Å². The fourth-order valence-electron chi connectivity index (χ4n) is 3.46. The molecule has 3 amide bonds. The summed E-state index contributed by atoms with van der Waals surface area (Å²) in [7, 11) is 0. The molecule has 1 saturated heterocycles. The summed E-state index contributed by atoms with van der Waals surface area (Å²) in [5.41, 5.74) is 0.286. The van der Waals surface area contributed by atoms with Gasteiger partial charge in [-0.05, 0) is 55.3 Å². The van der Waals surface area contributed by atoms with Crippen molar-refractivity contribution in [2.45, 2.75) is 25.9 Å². The number of piperidine rings is 1. The number of alkyl halides is 3. The van der Waals surface area contributed by atoms with E-state index in [1.165, 1.54) is 30.0 Å². The average molecular weight is 468 g/mol. The van der Waals surface area contributed by atoms with Crippen molar-refractivity contribution in [3.8, 4) is 0 Å². The molecule has 1 fully saturated rings. The lowest BCUT2D eigenvalue weighted by molar-refractivity contribution is -0.137. The van der Waals surface area contributed by atoms with E-state index in [1.54, 1.807) is 12.1 Å². The van der Waals surface area contributed by atoms with Crippen LogP contribution < -0.4 is 10.6 Å². The van der Waals surface area contributed by atoms with Gasteiger partial charge in [0.15, 0.2) is 0 Å². The first-order chi connectivity index (χ1) is 15.0. The number of halogens is 4. The van der Waals surface area contributed by atoms with E-state index in [9.17, 15) is 27.6 Å². The third kappa shape index (κ3) is 5.79.